The third-order valence-electron chi connectivity index (χ3n) is 3.83. The minimum absolute atomic E-state index is 0.0401. The molecule has 0 saturated carbocycles. The van der Waals surface area contributed by atoms with Crippen molar-refractivity contribution in [3.63, 3.8) is 0 Å². The van der Waals surface area contributed by atoms with Crippen molar-refractivity contribution in [2.24, 2.45) is 0 Å². The van der Waals surface area contributed by atoms with Crippen LogP contribution < -0.4 is 4.74 Å². The van der Waals surface area contributed by atoms with E-state index in [4.69, 9.17) is 4.74 Å². The van der Waals surface area contributed by atoms with Gasteiger partial charge < -0.3 is 9.84 Å². The smallest absolute Gasteiger partial charge is 0.139 e. The van der Waals surface area contributed by atoms with E-state index in [0.717, 1.165) is 28.0 Å². The van der Waals surface area contributed by atoms with Crippen molar-refractivity contribution < 1.29 is 14.6 Å². The number of aryl methyl sites for hydroxylation is 2. The zero-order valence-corrected chi connectivity index (χ0v) is 13.3. The Hall–Kier alpha value is -2.13. The largest absolute Gasteiger partial charge is 0.489 e. The van der Waals surface area contributed by atoms with Gasteiger partial charge in [-0.2, -0.15) is 0 Å². The van der Waals surface area contributed by atoms with E-state index in [1.54, 1.807) is 0 Å². The van der Waals surface area contributed by atoms with Crippen LogP contribution in [0.1, 0.15) is 35.1 Å². The van der Waals surface area contributed by atoms with Gasteiger partial charge in [-0.25, -0.2) is 0 Å². The van der Waals surface area contributed by atoms with E-state index in [-0.39, 0.29) is 12.4 Å². The lowest BCUT2D eigenvalue weighted by atomic mass is 9.92. The maximum Gasteiger partial charge on any atom is 0.139 e. The van der Waals surface area contributed by atoms with Crippen molar-refractivity contribution >= 4 is 5.78 Å². The van der Waals surface area contributed by atoms with Crippen LogP contribution in [0.4, 0.5) is 0 Å². The summed E-state index contributed by atoms with van der Waals surface area (Å²) in [6.07, 6.45) is 0. The molecule has 0 aliphatic carbocycles. The molecule has 1 unspecified atom stereocenters. The SMILES string of the molecule is CC(=O)C(CO)c1ccccc1COc1cc(C)ccc1C. The van der Waals surface area contributed by atoms with Crippen LogP contribution in [-0.2, 0) is 11.4 Å². The van der Waals surface area contributed by atoms with Crippen LogP contribution in [0.3, 0.4) is 0 Å². The molecular weight excluding hydrogens is 276 g/mol. The van der Waals surface area contributed by atoms with Gasteiger partial charge in [0.15, 0.2) is 0 Å². The number of hydrogen-bond donors (Lipinski definition) is 1. The number of carbonyl (C=O) groups excluding carboxylic acids is 1. The molecule has 2 aromatic rings. The number of rotatable bonds is 6. The molecule has 2 aromatic carbocycles. The Balaban J connectivity index is 2.23. The van der Waals surface area contributed by atoms with E-state index < -0.39 is 5.92 Å². The lowest BCUT2D eigenvalue weighted by Gasteiger charge is -2.17. The Labute approximate surface area is 131 Å². The van der Waals surface area contributed by atoms with Crippen LogP contribution in [0, 0.1) is 13.8 Å². The van der Waals surface area contributed by atoms with Crippen LogP contribution in [0.2, 0.25) is 0 Å². The molecule has 0 saturated heterocycles. The summed E-state index contributed by atoms with van der Waals surface area (Å²) >= 11 is 0. The number of aliphatic hydroxyl groups excluding tert-OH is 1. The van der Waals surface area contributed by atoms with Crippen molar-refractivity contribution in [1.29, 1.82) is 0 Å². The minimum atomic E-state index is -0.488. The first-order valence-corrected chi connectivity index (χ1v) is 7.42. The van der Waals surface area contributed by atoms with Gasteiger partial charge in [0.1, 0.15) is 18.1 Å². The summed E-state index contributed by atoms with van der Waals surface area (Å²) < 4.78 is 5.93. The Morgan fingerprint density at radius 3 is 2.59 bits per heavy atom. The molecule has 2 rings (SSSR count). The summed E-state index contributed by atoms with van der Waals surface area (Å²) in [6, 6.07) is 13.7. The summed E-state index contributed by atoms with van der Waals surface area (Å²) in [5.41, 5.74) is 3.99. The average Bonchev–Trinajstić information content (AvgIpc) is 2.50. The van der Waals surface area contributed by atoms with Gasteiger partial charge in [0.2, 0.25) is 0 Å². The van der Waals surface area contributed by atoms with Crippen LogP contribution in [0.15, 0.2) is 42.5 Å². The second-order valence-corrected chi connectivity index (χ2v) is 5.60. The van der Waals surface area contributed by atoms with E-state index in [1.165, 1.54) is 6.92 Å². The predicted octanol–water partition coefficient (Wildman–Crippen LogP) is 3.55. The third kappa shape index (κ3) is 3.74. The van der Waals surface area contributed by atoms with E-state index >= 15 is 0 Å². The van der Waals surface area contributed by atoms with Crippen LogP contribution >= 0.6 is 0 Å². The summed E-state index contributed by atoms with van der Waals surface area (Å²) in [7, 11) is 0. The average molecular weight is 298 g/mol. The van der Waals surface area contributed by atoms with Gasteiger partial charge >= 0.3 is 0 Å². The van der Waals surface area contributed by atoms with Crippen molar-refractivity contribution in [2.45, 2.75) is 33.3 Å². The quantitative estimate of drug-likeness (QED) is 0.887. The minimum Gasteiger partial charge on any atom is -0.489 e. The standard InChI is InChI=1S/C19H22O3/c1-13-8-9-14(2)19(10-13)22-12-16-6-4-5-7-17(16)18(11-20)15(3)21/h4-10,18,20H,11-12H2,1-3H3. The van der Waals surface area contributed by atoms with Crippen molar-refractivity contribution in [1.82, 2.24) is 0 Å². The highest BCUT2D eigenvalue weighted by Gasteiger charge is 2.19. The third-order valence-corrected chi connectivity index (χ3v) is 3.83. The normalized spacial score (nSPS) is 12.0. The molecule has 0 aromatic heterocycles. The summed E-state index contributed by atoms with van der Waals surface area (Å²) in [5, 5.41) is 9.48. The van der Waals surface area contributed by atoms with Gasteiger partial charge in [0.25, 0.3) is 0 Å². The molecular formula is C19H22O3. The fourth-order valence-electron chi connectivity index (χ4n) is 2.47. The number of aliphatic hydroxyl groups is 1. The molecule has 0 aliphatic heterocycles. The van der Waals surface area contributed by atoms with E-state index in [9.17, 15) is 9.90 Å². The van der Waals surface area contributed by atoms with Crippen LogP contribution in [-0.4, -0.2) is 17.5 Å². The molecule has 1 atom stereocenters. The fraction of sp³-hybridized carbons (Fsp3) is 0.316. The molecule has 3 heteroatoms. The lowest BCUT2D eigenvalue weighted by Crippen LogP contribution is -2.16. The number of carbonyl (C=O) groups is 1. The van der Waals surface area contributed by atoms with Crippen LogP contribution in [0.5, 0.6) is 5.75 Å². The van der Waals surface area contributed by atoms with Crippen molar-refractivity contribution in [3.8, 4) is 5.75 Å². The van der Waals surface area contributed by atoms with E-state index in [1.807, 2.05) is 56.3 Å². The first-order valence-electron chi connectivity index (χ1n) is 7.42. The summed E-state index contributed by atoms with van der Waals surface area (Å²) in [5.74, 6) is 0.318. The highest BCUT2D eigenvalue weighted by atomic mass is 16.5. The van der Waals surface area contributed by atoms with Gasteiger partial charge in [-0.05, 0) is 49.1 Å². The molecule has 0 radical (unpaired) electrons. The highest BCUT2D eigenvalue weighted by molar-refractivity contribution is 5.83. The van der Waals surface area contributed by atoms with E-state index in [0.29, 0.717) is 6.61 Å². The second-order valence-electron chi connectivity index (χ2n) is 5.60. The number of benzene rings is 2. The Bertz CT molecular complexity index is 661. The number of Topliss-reactive ketones (excluding diaryl/α,β-unsaturated/α-hetero) is 1. The molecule has 0 spiro atoms. The number of ether oxygens (including phenoxy) is 1. The van der Waals surface area contributed by atoms with Gasteiger partial charge in [0, 0.05) is 0 Å². The summed E-state index contributed by atoms with van der Waals surface area (Å²) in [6.45, 7) is 5.73. The second kappa shape index (κ2) is 7.23. The first kappa shape index (κ1) is 16.2. The Morgan fingerprint density at radius 1 is 1.18 bits per heavy atom. The molecule has 0 aliphatic rings. The molecule has 22 heavy (non-hydrogen) atoms. The van der Waals surface area contributed by atoms with Crippen molar-refractivity contribution in [3.05, 3.63) is 64.7 Å². The van der Waals surface area contributed by atoms with Gasteiger partial charge in [-0.3, -0.25) is 4.79 Å². The Morgan fingerprint density at radius 2 is 1.91 bits per heavy atom. The van der Waals surface area contributed by atoms with Crippen molar-refractivity contribution in [2.75, 3.05) is 6.61 Å². The first-order chi connectivity index (χ1) is 10.5. The van der Waals surface area contributed by atoms with Gasteiger partial charge in [-0.1, -0.05) is 36.4 Å². The predicted molar refractivity (Wildman–Crippen MR) is 87.2 cm³/mol. The van der Waals surface area contributed by atoms with Gasteiger partial charge in [-0.15, -0.1) is 0 Å². The summed E-state index contributed by atoms with van der Waals surface area (Å²) in [4.78, 5) is 11.7. The molecule has 3 nitrogen and oxygen atoms in total. The van der Waals surface area contributed by atoms with E-state index in [2.05, 4.69) is 0 Å². The number of hydrogen-bond acceptors (Lipinski definition) is 3. The number of ketones is 1. The fourth-order valence-corrected chi connectivity index (χ4v) is 2.47. The maximum atomic E-state index is 11.7. The zero-order valence-electron chi connectivity index (χ0n) is 13.3. The molecule has 1 N–H and O–H groups in total. The monoisotopic (exact) mass is 298 g/mol. The molecule has 116 valence electrons. The molecule has 0 bridgehead atoms. The topological polar surface area (TPSA) is 46.5 Å². The highest BCUT2D eigenvalue weighted by Crippen LogP contribution is 2.24. The molecule has 0 amide bonds. The maximum absolute atomic E-state index is 11.7. The zero-order chi connectivity index (χ0) is 16.1. The Kier molecular flexibility index (Phi) is 5.34. The molecule has 0 fully saturated rings. The molecule has 0 heterocycles. The lowest BCUT2D eigenvalue weighted by molar-refractivity contribution is -0.119. The van der Waals surface area contributed by atoms with Crippen LogP contribution in [0.25, 0.3) is 0 Å². The van der Waals surface area contributed by atoms with Gasteiger partial charge in [0.05, 0.1) is 12.5 Å².